The van der Waals surface area contributed by atoms with Crippen LogP contribution in [0.1, 0.15) is 31.1 Å². The molecule has 1 unspecified atom stereocenters. The van der Waals surface area contributed by atoms with Crippen molar-refractivity contribution >= 4 is 0 Å². The summed E-state index contributed by atoms with van der Waals surface area (Å²) in [6.45, 7) is 6.51. The monoisotopic (exact) mass is 237 g/mol. The molecule has 0 aliphatic carbocycles. The van der Waals surface area contributed by atoms with Crippen LogP contribution < -0.4 is 15.2 Å². The second kappa shape index (κ2) is 4.20. The number of rotatable bonds is 3. The summed E-state index contributed by atoms with van der Waals surface area (Å²) in [7, 11) is 0. The van der Waals surface area contributed by atoms with Gasteiger partial charge in [-0.1, -0.05) is 13.8 Å². The molecule has 1 aliphatic heterocycles. The number of aliphatic hydroxyl groups is 1. The first kappa shape index (κ1) is 12.2. The van der Waals surface area contributed by atoms with Crippen LogP contribution in [-0.2, 0) is 0 Å². The van der Waals surface area contributed by atoms with E-state index in [-0.39, 0.29) is 12.2 Å². The maximum atomic E-state index is 10.4. The molecule has 0 fully saturated rings. The van der Waals surface area contributed by atoms with Gasteiger partial charge in [0, 0.05) is 12.0 Å². The Labute approximate surface area is 101 Å². The van der Waals surface area contributed by atoms with Gasteiger partial charge in [-0.25, -0.2) is 0 Å². The van der Waals surface area contributed by atoms with E-state index in [1.165, 1.54) is 0 Å². The second-order valence-electron chi connectivity index (χ2n) is 5.16. The molecular formula is C13H19NO3. The minimum atomic E-state index is -0.609. The summed E-state index contributed by atoms with van der Waals surface area (Å²) < 4.78 is 10.6. The zero-order chi connectivity index (χ0) is 12.6. The first-order valence-electron chi connectivity index (χ1n) is 5.74. The molecule has 0 spiro atoms. The molecule has 1 aromatic rings. The van der Waals surface area contributed by atoms with Gasteiger partial charge >= 0.3 is 0 Å². The van der Waals surface area contributed by atoms with E-state index in [9.17, 15) is 5.11 Å². The van der Waals surface area contributed by atoms with E-state index in [1.807, 2.05) is 32.9 Å². The van der Waals surface area contributed by atoms with Crippen LogP contribution in [0.3, 0.4) is 0 Å². The molecule has 0 saturated heterocycles. The van der Waals surface area contributed by atoms with Crippen molar-refractivity contribution in [2.24, 2.45) is 11.1 Å². The highest BCUT2D eigenvalue weighted by molar-refractivity contribution is 5.49. The third-order valence-corrected chi connectivity index (χ3v) is 3.32. The summed E-state index contributed by atoms with van der Waals surface area (Å²) in [5.41, 5.74) is 7.17. The number of fused-ring (bicyclic) bond motifs is 1. The first-order valence-corrected chi connectivity index (χ1v) is 5.74. The highest BCUT2D eigenvalue weighted by Gasteiger charge is 2.30. The van der Waals surface area contributed by atoms with E-state index in [1.54, 1.807) is 0 Å². The Morgan fingerprint density at radius 3 is 2.53 bits per heavy atom. The molecular weight excluding hydrogens is 218 g/mol. The largest absolute Gasteiger partial charge is 0.454 e. The van der Waals surface area contributed by atoms with Gasteiger partial charge in [-0.15, -0.1) is 0 Å². The number of hydrogen-bond donors (Lipinski definition) is 2. The Kier molecular flexibility index (Phi) is 3.02. The van der Waals surface area contributed by atoms with Crippen LogP contribution >= 0.6 is 0 Å². The van der Waals surface area contributed by atoms with E-state index in [2.05, 4.69) is 0 Å². The standard InChI is InChI=1S/C13H19NO3/c1-8-4-10-11(17-7-16-10)5-9(8)12(15)13(2,3)6-14/h4-5,12,15H,6-7,14H2,1-3H3. The quantitative estimate of drug-likeness (QED) is 0.840. The molecule has 0 saturated carbocycles. The Morgan fingerprint density at radius 1 is 1.35 bits per heavy atom. The normalized spacial score (nSPS) is 16.1. The van der Waals surface area contributed by atoms with Crippen molar-refractivity contribution in [1.82, 2.24) is 0 Å². The first-order chi connectivity index (χ1) is 7.95. The van der Waals surface area contributed by atoms with Gasteiger partial charge in [0.25, 0.3) is 0 Å². The molecule has 1 heterocycles. The number of ether oxygens (including phenoxy) is 2. The summed E-state index contributed by atoms with van der Waals surface area (Å²) in [5.74, 6) is 1.43. The van der Waals surface area contributed by atoms with Crippen LogP contribution in [0.2, 0.25) is 0 Å². The molecule has 1 aliphatic rings. The lowest BCUT2D eigenvalue weighted by Crippen LogP contribution is -2.31. The Bertz CT molecular complexity index is 429. The van der Waals surface area contributed by atoms with Crippen molar-refractivity contribution in [2.75, 3.05) is 13.3 Å². The van der Waals surface area contributed by atoms with Crippen LogP contribution in [0.4, 0.5) is 0 Å². The summed E-state index contributed by atoms with van der Waals surface area (Å²) in [6.07, 6.45) is -0.609. The Morgan fingerprint density at radius 2 is 1.94 bits per heavy atom. The predicted octanol–water partition coefficient (Wildman–Crippen LogP) is 1.74. The Balaban J connectivity index is 2.39. The molecule has 1 aromatic carbocycles. The van der Waals surface area contributed by atoms with Gasteiger partial charge in [0.15, 0.2) is 11.5 Å². The minimum absolute atomic E-state index is 0.245. The lowest BCUT2D eigenvalue weighted by molar-refractivity contribution is 0.0548. The number of nitrogens with two attached hydrogens (primary N) is 1. The highest BCUT2D eigenvalue weighted by Crippen LogP contribution is 2.40. The average molecular weight is 237 g/mol. The van der Waals surface area contributed by atoms with Crippen LogP contribution in [0.5, 0.6) is 11.5 Å². The maximum absolute atomic E-state index is 10.4. The van der Waals surface area contributed by atoms with Crippen LogP contribution in [0.15, 0.2) is 12.1 Å². The lowest BCUT2D eigenvalue weighted by Gasteiger charge is -2.30. The van der Waals surface area contributed by atoms with Gasteiger partial charge in [-0.05, 0) is 30.2 Å². The van der Waals surface area contributed by atoms with Gasteiger partial charge in [-0.3, -0.25) is 0 Å². The van der Waals surface area contributed by atoms with Gasteiger partial charge < -0.3 is 20.3 Å². The SMILES string of the molecule is Cc1cc2c(cc1C(O)C(C)(C)CN)OCO2. The van der Waals surface area contributed by atoms with Crippen LogP contribution in [0.25, 0.3) is 0 Å². The number of aliphatic hydroxyl groups excluding tert-OH is 1. The molecule has 0 bridgehead atoms. The molecule has 4 nitrogen and oxygen atoms in total. The predicted molar refractivity (Wildman–Crippen MR) is 65.1 cm³/mol. The van der Waals surface area contributed by atoms with Crippen molar-refractivity contribution in [3.63, 3.8) is 0 Å². The fraction of sp³-hybridized carbons (Fsp3) is 0.538. The van der Waals surface area contributed by atoms with Crippen LogP contribution in [0, 0.1) is 12.3 Å². The average Bonchev–Trinajstić information content (AvgIpc) is 2.73. The third kappa shape index (κ3) is 2.10. The molecule has 0 aromatic heterocycles. The lowest BCUT2D eigenvalue weighted by atomic mass is 9.81. The molecule has 4 heteroatoms. The molecule has 0 amide bonds. The summed E-state index contributed by atoms with van der Waals surface area (Å²) >= 11 is 0. The maximum Gasteiger partial charge on any atom is 0.231 e. The van der Waals surface area contributed by atoms with E-state index in [0.717, 1.165) is 16.9 Å². The van der Waals surface area contributed by atoms with Gasteiger partial charge in [0.05, 0.1) is 6.10 Å². The zero-order valence-electron chi connectivity index (χ0n) is 10.5. The van der Waals surface area contributed by atoms with Crippen molar-refractivity contribution in [2.45, 2.75) is 26.9 Å². The fourth-order valence-corrected chi connectivity index (χ4v) is 1.89. The molecule has 17 heavy (non-hydrogen) atoms. The van der Waals surface area contributed by atoms with Gasteiger partial charge in [0.2, 0.25) is 6.79 Å². The highest BCUT2D eigenvalue weighted by atomic mass is 16.7. The summed E-state index contributed by atoms with van der Waals surface area (Å²) in [4.78, 5) is 0. The van der Waals surface area contributed by atoms with Crippen LogP contribution in [-0.4, -0.2) is 18.4 Å². The summed E-state index contributed by atoms with van der Waals surface area (Å²) in [5, 5.41) is 10.4. The van der Waals surface area contributed by atoms with Crippen molar-refractivity contribution in [3.05, 3.63) is 23.3 Å². The zero-order valence-corrected chi connectivity index (χ0v) is 10.5. The number of hydrogen-bond acceptors (Lipinski definition) is 4. The van der Waals surface area contributed by atoms with E-state index in [4.69, 9.17) is 15.2 Å². The molecule has 3 N–H and O–H groups in total. The number of benzene rings is 1. The third-order valence-electron chi connectivity index (χ3n) is 3.32. The fourth-order valence-electron chi connectivity index (χ4n) is 1.89. The minimum Gasteiger partial charge on any atom is -0.454 e. The van der Waals surface area contributed by atoms with Crippen molar-refractivity contribution in [1.29, 1.82) is 0 Å². The molecule has 0 radical (unpaired) electrons. The molecule has 94 valence electrons. The van der Waals surface area contributed by atoms with Crippen molar-refractivity contribution < 1.29 is 14.6 Å². The van der Waals surface area contributed by atoms with Gasteiger partial charge in [-0.2, -0.15) is 0 Å². The molecule has 1 atom stereocenters. The van der Waals surface area contributed by atoms with E-state index < -0.39 is 6.10 Å². The molecule has 2 rings (SSSR count). The summed E-state index contributed by atoms with van der Waals surface area (Å²) in [6, 6.07) is 3.74. The topological polar surface area (TPSA) is 64.7 Å². The van der Waals surface area contributed by atoms with E-state index >= 15 is 0 Å². The smallest absolute Gasteiger partial charge is 0.231 e. The second-order valence-corrected chi connectivity index (χ2v) is 5.16. The van der Waals surface area contributed by atoms with Gasteiger partial charge in [0.1, 0.15) is 0 Å². The number of aryl methyl sites for hydroxylation is 1. The Hall–Kier alpha value is -1.26. The van der Waals surface area contributed by atoms with Crippen molar-refractivity contribution in [3.8, 4) is 11.5 Å². The van der Waals surface area contributed by atoms with E-state index in [0.29, 0.717) is 12.3 Å².